The summed E-state index contributed by atoms with van der Waals surface area (Å²) in [6.45, 7) is 6.74. The van der Waals surface area contributed by atoms with Crippen LogP contribution in [0.3, 0.4) is 0 Å². The zero-order valence-corrected chi connectivity index (χ0v) is 18.8. The van der Waals surface area contributed by atoms with E-state index in [-0.39, 0.29) is 0 Å². The minimum Gasteiger partial charge on any atom is -0.491 e. The second kappa shape index (κ2) is 11.9. The van der Waals surface area contributed by atoms with Crippen LogP contribution in [0.5, 0.6) is 5.75 Å². The van der Waals surface area contributed by atoms with Gasteiger partial charge in [0.25, 0.3) is 0 Å². The molecular weight excluding hydrogens is 456 g/mol. The van der Waals surface area contributed by atoms with Crippen LogP contribution in [0, 0.1) is 0 Å². The van der Waals surface area contributed by atoms with E-state index < -0.39 is 6.10 Å². The SMILES string of the molecule is O[C@@H](COCCOc1ccc(Br)cc1)CN1CCN(Cc2ccc(Cl)cc2)CC1. The topological polar surface area (TPSA) is 45.2 Å². The van der Waals surface area contributed by atoms with Gasteiger partial charge in [0, 0.05) is 48.8 Å². The molecule has 7 heteroatoms. The third-order valence-electron chi connectivity index (χ3n) is 4.87. The number of nitrogens with zero attached hydrogens (tertiary/aromatic N) is 2. The minimum atomic E-state index is -0.481. The summed E-state index contributed by atoms with van der Waals surface area (Å²) in [4.78, 5) is 4.73. The van der Waals surface area contributed by atoms with Gasteiger partial charge in [0.1, 0.15) is 12.4 Å². The molecule has 1 aliphatic rings. The van der Waals surface area contributed by atoms with Gasteiger partial charge in [0.2, 0.25) is 0 Å². The van der Waals surface area contributed by atoms with Crippen LogP contribution in [0.2, 0.25) is 5.02 Å². The first-order valence-electron chi connectivity index (χ1n) is 9.92. The quantitative estimate of drug-likeness (QED) is 0.522. The van der Waals surface area contributed by atoms with Gasteiger partial charge in [-0.25, -0.2) is 0 Å². The minimum absolute atomic E-state index is 0.328. The van der Waals surface area contributed by atoms with E-state index in [1.54, 1.807) is 0 Å². The van der Waals surface area contributed by atoms with Crippen LogP contribution in [0.25, 0.3) is 0 Å². The molecule has 0 amide bonds. The third-order valence-corrected chi connectivity index (χ3v) is 5.65. The van der Waals surface area contributed by atoms with Crippen LogP contribution >= 0.6 is 27.5 Å². The summed E-state index contributed by atoms with van der Waals surface area (Å²) >= 11 is 9.34. The number of benzene rings is 2. The Kier molecular flexibility index (Phi) is 9.24. The highest BCUT2D eigenvalue weighted by atomic mass is 79.9. The smallest absolute Gasteiger partial charge is 0.119 e. The average Bonchev–Trinajstić information content (AvgIpc) is 2.72. The van der Waals surface area contributed by atoms with Gasteiger partial charge in [0.05, 0.1) is 19.3 Å². The van der Waals surface area contributed by atoms with Gasteiger partial charge in [-0.3, -0.25) is 9.80 Å². The molecule has 2 aromatic carbocycles. The predicted molar refractivity (Wildman–Crippen MR) is 120 cm³/mol. The maximum Gasteiger partial charge on any atom is 0.119 e. The largest absolute Gasteiger partial charge is 0.491 e. The monoisotopic (exact) mass is 482 g/mol. The van der Waals surface area contributed by atoms with E-state index in [1.807, 2.05) is 36.4 Å². The van der Waals surface area contributed by atoms with Crippen molar-refractivity contribution in [2.24, 2.45) is 0 Å². The van der Waals surface area contributed by atoms with Crippen LogP contribution in [-0.4, -0.2) is 73.6 Å². The average molecular weight is 484 g/mol. The van der Waals surface area contributed by atoms with Crippen molar-refractivity contribution in [2.75, 3.05) is 52.5 Å². The van der Waals surface area contributed by atoms with Crippen molar-refractivity contribution in [3.8, 4) is 5.75 Å². The van der Waals surface area contributed by atoms with Crippen molar-refractivity contribution in [1.82, 2.24) is 9.80 Å². The number of β-amino-alcohol motifs (C(OH)–C–C–N with tert-alkyl or cyclic N) is 1. The number of aliphatic hydroxyl groups excluding tert-OH is 1. The summed E-state index contributed by atoms with van der Waals surface area (Å²) in [5.41, 5.74) is 1.28. The molecule has 158 valence electrons. The van der Waals surface area contributed by atoms with E-state index in [9.17, 15) is 5.11 Å². The molecule has 2 aromatic rings. The summed E-state index contributed by atoms with van der Waals surface area (Å²) in [6.07, 6.45) is -0.481. The number of halogens is 2. The normalized spacial score (nSPS) is 16.7. The van der Waals surface area contributed by atoms with E-state index in [0.29, 0.717) is 26.4 Å². The van der Waals surface area contributed by atoms with Crippen molar-refractivity contribution in [3.63, 3.8) is 0 Å². The van der Waals surface area contributed by atoms with Gasteiger partial charge >= 0.3 is 0 Å². The lowest BCUT2D eigenvalue weighted by Crippen LogP contribution is -2.48. The maximum atomic E-state index is 10.2. The van der Waals surface area contributed by atoms with Gasteiger partial charge in [-0.15, -0.1) is 0 Å². The fourth-order valence-corrected chi connectivity index (χ4v) is 3.69. The second-order valence-corrected chi connectivity index (χ2v) is 8.59. The van der Waals surface area contributed by atoms with Crippen molar-refractivity contribution < 1.29 is 14.6 Å². The summed E-state index contributed by atoms with van der Waals surface area (Å²) in [7, 11) is 0. The van der Waals surface area contributed by atoms with Crippen molar-refractivity contribution >= 4 is 27.5 Å². The molecule has 0 bridgehead atoms. The number of hydrogen-bond acceptors (Lipinski definition) is 5. The molecule has 1 atom stereocenters. The molecule has 0 aromatic heterocycles. The molecule has 1 saturated heterocycles. The number of piperazine rings is 1. The predicted octanol–water partition coefficient (Wildman–Crippen LogP) is 3.68. The van der Waals surface area contributed by atoms with E-state index >= 15 is 0 Å². The molecule has 0 unspecified atom stereocenters. The van der Waals surface area contributed by atoms with Gasteiger partial charge in [-0.1, -0.05) is 39.7 Å². The van der Waals surface area contributed by atoms with E-state index in [4.69, 9.17) is 21.1 Å². The Morgan fingerprint density at radius 3 is 2.28 bits per heavy atom. The molecule has 1 heterocycles. The first kappa shape index (κ1) is 22.5. The highest BCUT2D eigenvalue weighted by Crippen LogP contribution is 2.16. The Hall–Kier alpha value is -1.15. The lowest BCUT2D eigenvalue weighted by atomic mass is 10.2. The van der Waals surface area contributed by atoms with Crippen molar-refractivity contribution in [1.29, 1.82) is 0 Å². The summed E-state index contributed by atoms with van der Waals surface area (Å²) in [6, 6.07) is 15.7. The summed E-state index contributed by atoms with van der Waals surface area (Å²) in [5, 5.41) is 11.0. The Balaban J connectivity index is 1.25. The number of ether oxygens (including phenoxy) is 2. The van der Waals surface area contributed by atoms with E-state index in [1.165, 1.54) is 5.56 Å². The summed E-state index contributed by atoms with van der Waals surface area (Å²) in [5.74, 6) is 0.814. The van der Waals surface area contributed by atoms with Crippen LogP contribution in [0.1, 0.15) is 5.56 Å². The molecule has 1 fully saturated rings. The molecule has 29 heavy (non-hydrogen) atoms. The Morgan fingerprint density at radius 1 is 0.931 bits per heavy atom. The van der Waals surface area contributed by atoms with Crippen LogP contribution in [0.4, 0.5) is 0 Å². The second-order valence-electron chi connectivity index (χ2n) is 7.23. The first-order chi connectivity index (χ1) is 14.1. The van der Waals surface area contributed by atoms with Crippen molar-refractivity contribution in [2.45, 2.75) is 12.6 Å². The fraction of sp³-hybridized carbons (Fsp3) is 0.455. The summed E-state index contributed by atoms with van der Waals surface area (Å²) < 4.78 is 12.2. The molecule has 1 N–H and O–H groups in total. The van der Waals surface area contributed by atoms with Gasteiger partial charge in [-0.2, -0.15) is 0 Å². The standard InChI is InChI=1S/C22H28BrClN2O3/c23-19-3-7-22(8-4-19)29-14-13-28-17-21(27)16-26-11-9-25(10-12-26)15-18-1-5-20(24)6-2-18/h1-8,21,27H,9-17H2/t21-/m1/s1. The van der Waals surface area contributed by atoms with Gasteiger partial charge < -0.3 is 14.6 Å². The molecular formula is C22H28BrClN2O3. The van der Waals surface area contributed by atoms with E-state index in [0.717, 1.165) is 48.0 Å². The first-order valence-corrected chi connectivity index (χ1v) is 11.1. The van der Waals surface area contributed by atoms with Crippen LogP contribution < -0.4 is 4.74 Å². The number of rotatable bonds is 10. The Labute approximate surface area is 186 Å². The van der Waals surface area contributed by atoms with Gasteiger partial charge in [0.15, 0.2) is 0 Å². The van der Waals surface area contributed by atoms with Crippen LogP contribution in [0.15, 0.2) is 53.0 Å². The molecule has 0 spiro atoms. The lowest BCUT2D eigenvalue weighted by molar-refractivity contribution is -0.000436. The fourth-order valence-electron chi connectivity index (χ4n) is 3.30. The molecule has 5 nitrogen and oxygen atoms in total. The van der Waals surface area contributed by atoms with Crippen LogP contribution in [-0.2, 0) is 11.3 Å². The third kappa shape index (κ3) is 8.24. The highest BCUT2D eigenvalue weighted by molar-refractivity contribution is 9.10. The number of hydrogen-bond donors (Lipinski definition) is 1. The number of aliphatic hydroxyl groups is 1. The highest BCUT2D eigenvalue weighted by Gasteiger charge is 2.19. The zero-order chi connectivity index (χ0) is 20.5. The molecule has 0 aliphatic carbocycles. The maximum absolute atomic E-state index is 10.2. The molecule has 3 rings (SSSR count). The molecule has 0 radical (unpaired) electrons. The molecule has 1 aliphatic heterocycles. The Bertz CT molecular complexity index is 722. The zero-order valence-electron chi connectivity index (χ0n) is 16.5. The van der Waals surface area contributed by atoms with Crippen molar-refractivity contribution in [3.05, 3.63) is 63.6 Å². The Morgan fingerprint density at radius 2 is 1.59 bits per heavy atom. The van der Waals surface area contributed by atoms with E-state index in [2.05, 4.69) is 37.9 Å². The lowest BCUT2D eigenvalue weighted by Gasteiger charge is -2.35. The molecule has 0 saturated carbocycles. The van der Waals surface area contributed by atoms with Gasteiger partial charge in [-0.05, 0) is 42.0 Å².